The van der Waals surface area contributed by atoms with Crippen molar-refractivity contribution in [2.24, 2.45) is 0 Å². The molecule has 1 aromatic rings. The Bertz CT molecular complexity index is 482. The summed E-state index contributed by atoms with van der Waals surface area (Å²) in [6.07, 6.45) is 1.11. The molecule has 0 saturated heterocycles. The molecule has 5 heteroatoms. The first-order valence-corrected chi connectivity index (χ1v) is 5.60. The third-order valence-corrected chi connectivity index (χ3v) is 3.78. The zero-order valence-corrected chi connectivity index (χ0v) is 10.2. The fourth-order valence-electron chi connectivity index (χ4n) is 1.90. The summed E-state index contributed by atoms with van der Waals surface area (Å²) in [7, 11) is 0. The Hall–Kier alpha value is -0.980. The molecule has 0 unspecified atom stereocenters. The zero-order chi connectivity index (χ0) is 11.2. The normalized spacial score (nSPS) is 14.1. The molecule has 1 aliphatic rings. The Labute approximate surface area is 100.0 Å². The number of carbonyl (C=O) groups is 1. The highest BCUT2D eigenvalue weighted by Crippen LogP contribution is 2.35. The highest BCUT2D eigenvalue weighted by Gasteiger charge is 2.28. The van der Waals surface area contributed by atoms with Gasteiger partial charge in [0.1, 0.15) is 0 Å². The quantitative estimate of drug-likeness (QED) is 0.454. The summed E-state index contributed by atoms with van der Waals surface area (Å²) in [4.78, 5) is 21.9. The Morgan fingerprint density at radius 1 is 1.47 bits per heavy atom. The maximum atomic E-state index is 11.5. The van der Waals surface area contributed by atoms with Crippen LogP contribution in [0.1, 0.15) is 27.9 Å². The lowest BCUT2D eigenvalue weighted by Crippen LogP contribution is -2.01. The molecule has 0 radical (unpaired) electrons. The minimum absolute atomic E-state index is 0.0981. The highest BCUT2D eigenvalue weighted by molar-refractivity contribution is 14.1. The Kier molecular flexibility index (Phi) is 2.49. The van der Waals surface area contributed by atoms with Crippen LogP contribution in [0.4, 0.5) is 5.69 Å². The molecular weight excluding hydrogens is 309 g/mol. The van der Waals surface area contributed by atoms with Crippen LogP contribution in [-0.4, -0.2) is 10.7 Å². The molecule has 15 heavy (non-hydrogen) atoms. The first-order valence-electron chi connectivity index (χ1n) is 4.52. The molecule has 0 N–H and O–H groups in total. The van der Waals surface area contributed by atoms with Gasteiger partial charge < -0.3 is 0 Å². The second kappa shape index (κ2) is 3.55. The summed E-state index contributed by atoms with van der Waals surface area (Å²) in [5.74, 6) is 0.0981. The van der Waals surface area contributed by atoms with Gasteiger partial charge in [0.25, 0.3) is 5.69 Å². The van der Waals surface area contributed by atoms with Crippen molar-refractivity contribution >= 4 is 34.1 Å². The molecule has 1 aliphatic carbocycles. The van der Waals surface area contributed by atoms with E-state index in [2.05, 4.69) is 0 Å². The van der Waals surface area contributed by atoms with Crippen molar-refractivity contribution in [3.63, 3.8) is 0 Å². The standard InChI is InChI=1S/C10H8INO3/c1-5-4-7-6(2-3-8(7)13)9(11)10(5)12(14)15/h4H,2-3H2,1H3. The molecule has 78 valence electrons. The molecular formula is C10H8INO3. The van der Waals surface area contributed by atoms with Gasteiger partial charge in [-0.15, -0.1) is 0 Å². The van der Waals surface area contributed by atoms with Gasteiger partial charge >= 0.3 is 0 Å². The van der Waals surface area contributed by atoms with Crippen molar-refractivity contribution in [3.05, 3.63) is 36.4 Å². The minimum Gasteiger partial charge on any atom is -0.294 e. The third kappa shape index (κ3) is 1.54. The number of carbonyl (C=O) groups excluding carboxylic acids is 1. The lowest BCUT2D eigenvalue weighted by molar-refractivity contribution is -0.386. The number of fused-ring (bicyclic) bond motifs is 1. The van der Waals surface area contributed by atoms with Gasteiger partial charge in [-0.2, -0.15) is 0 Å². The number of aryl methyl sites for hydroxylation is 1. The predicted octanol–water partition coefficient (Wildman–Crippen LogP) is 2.64. The van der Waals surface area contributed by atoms with Crippen molar-refractivity contribution < 1.29 is 9.72 Å². The predicted molar refractivity (Wildman–Crippen MR) is 63.2 cm³/mol. The second-order valence-electron chi connectivity index (χ2n) is 3.56. The lowest BCUT2D eigenvalue weighted by atomic mass is 10.0. The van der Waals surface area contributed by atoms with Gasteiger partial charge in [0.05, 0.1) is 8.49 Å². The summed E-state index contributed by atoms with van der Waals surface area (Å²) in [6.45, 7) is 1.67. The molecule has 0 aromatic heterocycles. The fourth-order valence-corrected chi connectivity index (χ4v) is 3.08. The summed E-state index contributed by atoms with van der Waals surface area (Å²) in [6, 6.07) is 1.64. The molecule has 0 amide bonds. The summed E-state index contributed by atoms with van der Waals surface area (Å²) in [5, 5.41) is 10.8. The number of nitro benzene ring substituents is 1. The molecule has 4 nitrogen and oxygen atoms in total. The first kappa shape index (κ1) is 10.5. The average molecular weight is 317 g/mol. The summed E-state index contributed by atoms with van der Waals surface area (Å²) < 4.78 is 0.624. The monoisotopic (exact) mass is 317 g/mol. The number of ketones is 1. The number of Topliss-reactive ketones (excluding diaryl/α,β-unsaturated/α-hetero) is 1. The molecule has 0 heterocycles. The van der Waals surface area contributed by atoms with Crippen LogP contribution < -0.4 is 0 Å². The number of halogens is 1. The van der Waals surface area contributed by atoms with E-state index in [9.17, 15) is 14.9 Å². The van der Waals surface area contributed by atoms with E-state index in [0.717, 1.165) is 5.56 Å². The van der Waals surface area contributed by atoms with Crippen molar-refractivity contribution in [1.29, 1.82) is 0 Å². The number of hydrogen-bond donors (Lipinski definition) is 0. The number of hydrogen-bond acceptors (Lipinski definition) is 3. The average Bonchev–Trinajstić information content (AvgIpc) is 2.47. The number of rotatable bonds is 1. The van der Waals surface area contributed by atoms with Crippen LogP contribution in [0.3, 0.4) is 0 Å². The smallest absolute Gasteiger partial charge is 0.285 e. The molecule has 0 spiro atoms. The molecule has 0 bridgehead atoms. The number of nitro groups is 1. The van der Waals surface area contributed by atoms with E-state index in [1.54, 1.807) is 13.0 Å². The van der Waals surface area contributed by atoms with Crippen molar-refractivity contribution in [2.75, 3.05) is 0 Å². The van der Waals surface area contributed by atoms with Crippen molar-refractivity contribution in [2.45, 2.75) is 19.8 Å². The largest absolute Gasteiger partial charge is 0.294 e. The second-order valence-corrected chi connectivity index (χ2v) is 4.64. The lowest BCUT2D eigenvalue weighted by Gasteiger charge is -2.05. The van der Waals surface area contributed by atoms with E-state index < -0.39 is 0 Å². The van der Waals surface area contributed by atoms with Crippen LogP contribution in [0.2, 0.25) is 0 Å². The third-order valence-electron chi connectivity index (χ3n) is 2.62. The molecule has 0 saturated carbocycles. The van der Waals surface area contributed by atoms with Gasteiger partial charge in [-0.05, 0) is 47.6 Å². The molecule has 0 aliphatic heterocycles. The summed E-state index contributed by atoms with van der Waals surface area (Å²) >= 11 is 1.96. The van der Waals surface area contributed by atoms with E-state index >= 15 is 0 Å². The van der Waals surface area contributed by atoms with Crippen LogP contribution in [0.15, 0.2) is 6.07 Å². The van der Waals surface area contributed by atoms with E-state index in [4.69, 9.17) is 0 Å². The van der Waals surface area contributed by atoms with Gasteiger partial charge in [0, 0.05) is 17.5 Å². The van der Waals surface area contributed by atoms with E-state index in [0.29, 0.717) is 27.5 Å². The van der Waals surface area contributed by atoms with Gasteiger partial charge in [0.2, 0.25) is 0 Å². The molecule has 2 rings (SSSR count). The van der Waals surface area contributed by atoms with Gasteiger partial charge in [0.15, 0.2) is 5.78 Å². The SMILES string of the molecule is Cc1cc2c(c(I)c1[N+](=O)[O-])CCC2=O. The number of benzene rings is 1. The Balaban J connectivity index is 2.74. The zero-order valence-electron chi connectivity index (χ0n) is 8.04. The highest BCUT2D eigenvalue weighted by atomic mass is 127. The number of nitrogens with zero attached hydrogens (tertiary/aromatic N) is 1. The van der Waals surface area contributed by atoms with Gasteiger partial charge in [-0.1, -0.05) is 0 Å². The molecule has 1 aromatic carbocycles. The van der Waals surface area contributed by atoms with E-state index in [-0.39, 0.29) is 16.4 Å². The molecule has 0 fully saturated rings. The van der Waals surface area contributed by atoms with Crippen molar-refractivity contribution in [1.82, 2.24) is 0 Å². The van der Waals surface area contributed by atoms with Crippen molar-refractivity contribution in [3.8, 4) is 0 Å². The topological polar surface area (TPSA) is 60.2 Å². The maximum absolute atomic E-state index is 11.5. The first-order chi connectivity index (χ1) is 7.02. The van der Waals surface area contributed by atoms with E-state index in [1.165, 1.54) is 0 Å². The Morgan fingerprint density at radius 3 is 2.73 bits per heavy atom. The summed E-state index contributed by atoms with van der Waals surface area (Å²) in [5.41, 5.74) is 2.22. The van der Waals surface area contributed by atoms with Gasteiger partial charge in [-0.3, -0.25) is 14.9 Å². The van der Waals surface area contributed by atoms with Crippen LogP contribution in [-0.2, 0) is 6.42 Å². The van der Waals surface area contributed by atoms with Crippen LogP contribution in [0.5, 0.6) is 0 Å². The minimum atomic E-state index is -0.375. The van der Waals surface area contributed by atoms with Gasteiger partial charge in [-0.25, -0.2) is 0 Å². The van der Waals surface area contributed by atoms with Crippen LogP contribution in [0, 0.1) is 20.6 Å². The van der Waals surface area contributed by atoms with E-state index in [1.807, 2.05) is 22.6 Å². The maximum Gasteiger partial charge on any atom is 0.285 e. The molecule has 0 atom stereocenters. The Morgan fingerprint density at radius 2 is 2.13 bits per heavy atom. The van der Waals surface area contributed by atoms with Crippen LogP contribution >= 0.6 is 22.6 Å². The fraction of sp³-hybridized carbons (Fsp3) is 0.300. The van der Waals surface area contributed by atoms with Crippen LogP contribution in [0.25, 0.3) is 0 Å².